The first kappa shape index (κ1) is 22.2. The first-order chi connectivity index (χ1) is 10.9. The number of nitrogens with two attached hydrogens (primary N) is 1. The van der Waals surface area contributed by atoms with Crippen molar-refractivity contribution in [1.29, 1.82) is 5.26 Å². The highest BCUT2D eigenvalue weighted by atomic mass is 31.2. The highest BCUT2D eigenvalue weighted by Gasteiger charge is 2.26. The van der Waals surface area contributed by atoms with Gasteiger partial charge in [-0.2, -0.15) is 5.26 Å². The summed E-state index contributed by atoms with van der Waals surface area (Å²) in [6.07, 6.45) is 3.35. The fourth-order valence-corrected chi connectivity index (χ4v) is 3.72. The molecule has 0 aliphatic heterocycles. The Kier molecular flexibility index (Phi) is 13.2. The Balaban J connectivity index is 4.25. The number of hydrogen-bond acceptors (Lipinski definition) is 6. The Morgan fingerprint density at radius 1 is 1.17 bits per heavy atom. The molecule has 0 aromatic rings. The Morgan fingerprint density at radius 3 is 2.30 bits per heavy atom. The molecule has 0 rings (SSSR count). The lowest BCUT2D eigenvalue weighted by Crippen LogP contribution is -2.33. The van der Waals surface area contributed by atoms with Gasteiger partial charge in [-0.1, -0.05) is 6.42 Å². The van der Waals surface area contributed by atoms with Crippen LogP contribution in [0.5, 0.6) is 0 Å². The Hall–Kier alpha value is -0.770. The van der Waals surface area contributed by atoms with Gasteiger partial charge in [-0.05, 0) is 40.5 Å². The van der Waals surface area contributed by atoms with Crippen LogP contribution in [0.1, 0.15) is 59.8 Å². The summed E-state index contributed by atoms with van der Waals surface area (Å²) < 4.78 is 13.9. The van der Waals surface area contributed by atoms with E-state index in [9.17, 15) is 4.79 Å². The molecule has 0 aromatic heterocycles. The van der Waals surface area contributed by atoms with Crippen LogP contribution in [-0.4, -0.2) is 35.9 Å². The standard InChI is InChI=1S/C15H31N4O3P/c1-13(2)19(14(3)4)23(22-12-8-10-16)21-11-7-5-6-9-15(20)18-17/h13-14H,5-9,11-12,17H2,1-4H3,(H,18,20). The molecule has 0 aromatic carbocycles. The van der Waals surface area contributed by atoms with Crippen molar-refractivity contribution in [2.24, 2.45) is 5.84 Å². The summed E-state index contributed by atoms with van der Waals surface area (Å²) in [4.78, 5) is 11.0. The molecule has 134 valence electrons. The molecule has 0 bridgehead atoms. The van der Waals surface area contributed by atoms with E-state index in [1.54, 1.807) is 0 Å². The lowest BCUT2D eigenvalue weighted by Gasteiger charge is -2.35. The molecule has 0 heterocycles. The van der Waals surface area contributed by atoms with Gasteiger partial charge >= 0.3 is 0 Å². The van der Waals surface area contributed by atoms with Crippen LogP contribution in [-0.2, 0) is 13.8 Å². The van der Waals surface area contributed by atoms with E-state index in [1.165, 1.54) is 0 Å². The smallest absolute Gasteiger partial charge is 0.259 e. The average Bonchev–Trinajstić information content (AvgIpc) is 2.49. The maximum Gasteiger partial charge on any atom is 0.259 e. The zero-order valence-electron chi connectivity index (χ0n) is 14.7. The summed E-state index contributed by atoms with van der Waals surface area (Å²) in [6.45, 7) is 9.40. The van der Waals surface area contributed by atoms with Gasteiger partial charge in [-0.25, -0.2) is 10.5 Å². The molecular formula is C15H31N4O3P. The van der Waals surface area contributed by atoms with Gasteiger partial charge in [0.25, 0.3) is 8.53 Å². The van der Waals surface area contributed by atoms with E-state index in [0.717, 1.165) is 19.3 Å². The zero-order chi connectivity index (χ0) is 17.7. The quantitative estimate of drug-likeness (QED) is 0.175. The zero-order valence-corrected chi connectivity index (χ0v) is 15.6. The maximum atomic E-state index is 11.0. The molecule has 1 atom stereocenters. The van der Waals surface area contributed by atoms with Crippen molar-refractivity contribution in [3.8, 4) is 6.07 Å². The molecule has 0 saturated heterocycles. The number of unbranched alkanes of at least 4 members (excludes halogenated alkanes) is 2. The summed E-state index contributed by atoms with van der Waals surface area (Å²) >= 11 is 0. The van der Waals surface area contributed by atoms with Gasteiger partial charge in [0.15, 0.2) is 0 Å². The number of nitriles is 1. The second-order valence-electron chi connectivity index (χ2n) is 5.76. The molecule has 0 aliphatic rings. The van der Waals surface area contributed by atoms with Crippen LogP contribution in [0.4, 0.5) is 0 Å². The normalized spacial score (nSPS) is 12.7. The topological polar surface area (TPSA) is 101 Å². The molecule has 7 nitrogen and oxygen atoms in total. The minimum atomic E-state index is -1.17. The number of rotatable bonds is 13. The van der Waals surface area contributed by atoms with Crippen molar-refractivity contribution >= 4 is 14.4 Å². The molecule has 0 spiro atoms. The van der Waals surface area contributed by atoms with Crippen molar-refractivity contribution < 1.29 is 13.8 Å². The molecule has 0 aliphatic carbocycles. The number of nitrogens with zero attached hydrogens (tertiary/aromatic N) is 2. The molecule has 0 saturated carbocycles. The van der Waals surface area contributed by atoms with Gasteiger partial charge in [-0.15, -0.1) is 0 Å². The summed E-state index contributed by atoms with van der Waals surface area (Å²) in [5, 5.41) is 8.66. The number of carbonyl (C=O) groups excluding carboxylic acids is 1. The van der Waals surface area contributed by atoms with Gasteiger partial charge in [0.05, 0.1) is 25.7 Å². The Labute approximate surface area is 141 Å². The van der Waals surface area contributed by atoms with Crippen LogP contribution in [0.25, 0.3) is 0 Å². The first-order valence-electron chi connectivity index (χ1n) is 8.14. The predicted octanol–water partition coefficient (Wildman–Crippen LogP) is 2.83. The van der Waals surface area contributed by atoms with E-state index in [1.807, 2.05) is 0 Å². The van der Waals surface area contributed by atoms with Crippen LogP contribution in [0.15, 0.2) is 0 Å². The lowest BCUT2D eigenvalue weighted by atomic mass is 10.2. The van der Waals surface area contributed by atoms with E-state index in [-0.39, 0.29) is 5.91 Å². The lowest BCUT2D eigenvalue weighted by molar-refractivity contribution is -0.121. The van der Waals surface area contributed by atoms with Gasteiger partial charge in [-0.3, -0.25) is 10.2 Å². The maximum absolute atomic E-state index is 11.0. The van der Waals surface area contributed by atoms with Crippen LogP contribution >= 0.6 is 8.53 Å². The van der Waals surface area contributed by atoms with Crippen molar-refractivity contribution in [3.63, 3.8) is 0 Å². The molecule has 23 heavy (non-hydrogen) atoms. The van der Waals surface area contributed by atoms with E-state index >= 15 is 0 Å². The third-order valence-corrected chi connectivity index (χ3v) is 5.18. The minimum Gasteiger partial charge on any atom is -0.322 e. The monoisotopic (exact) mass is 346 g/mol. The van der Waals surface area contributed by atoms with Gasteiger partial charge in [0.2, 0.25) is 5.91 Å². The van der Waals surface area contributed by atoms with Crippen LogP contribution in [0.2, 0.25) is 0 Å². The summed E-state index contributed by atoms with van der Waals surface area (Å²) in [5.41, 5.74) is 2.12. The van der Waals surface area contributed by atoms with Gasteiger partial charge < -0.3 is 9.05 Å². The Bertz CT molecular complexity index is 353. The van der Waals surface area contributed by atoms with Gasteiger partial charge in [0, 0.05) is 18.5 Å². The van der Waals surface area contributed by atoms with Crippen LogP contribution in [0.3, 0.4) is 0 Å². The molecule has 1 unspecified atom stereocenters. The van der Waals surface area contributed by atoms with Crippen LogP contribution in [0, 0.1) is 11.3 Å². The number of amides is 1. The predicted molar refractivity (Wildman–Crippen MR) is 92.0 cm³/mol. The highest BCUT2D eigenvalue weighted by molar-refractivity contribution is 7.44. The molecule has 8 heteroatoms. The van der Waals surface area contributed by atoms with E-state index in [4.69, 9.17) is 20.2 Å². The second-order valence-corrected chi connectivity index (χ2v) is 7.21. The number of carbonyl (C=O) groups is 1. The summed E-state index contributed by atoms with van der Waals surface area (Å²) in [5.74, 6) is 4.89. The molecular weight excluding hydrogens is 315 g/mol. The van der Waals surface area contributed by atoms with Crippen molar-refractivity contribution in [3.05, 3.63) is 0 Å². The SMILES string of the molecule is CC(C)N(C(C)C)P(OCCC#N)OCCCCCC(=O)NN. The van der Waals surface area contributed by atoms with Crippen molar-refractivity contribution in [2.75, 3.05) is 13.2 Å². The van der Waals surface area contributed by atoms with E-state index in [2.05, 4.69) is 43.9 Å². The van der Waals surface area contributed by atoms with Crippen molar-refractivity contribution in [2.45, 2.75) is 71.9 Å². The third kappa shape index (κ3) is 10.6. The fourth-order valence-electron chi connectivity index (χ4n) is 2.09. The first-order valence-corrected chi connectivity index (χ1v) is 9.27. The number of nitrogens with one attached hydrogen (secondary N) is 1. The van der Waals surface area contributed by atoms with E-state index in [0.29, 0.717) is 38.1 Å². The highest BCUT2D eigenvalue weighted by Crippen LogP contribution is 2.46. The third-order valence-electron chi connectivity index (χ3n) is 3.07. The average molecular weight is 346 g/mol. The van der Waals surface area contributed by atoms with Crippen LogP contribution < -0.4 is 11.3 Å². The fraction of sp³-hybridized carbons (Fsp3) is 0.867. The van der Waals surface area contributed by atoms with E-state index < -0.39 is 8.53 Å². The summed E-state index contributed by atoms with van der Waals surface area (Å²) in [7, 11) is -1.17. The minimum absolute atomic E-state index is 0.140. The molecule has 0 fully saturated rings. The summed E-state index contributed by atoms with van der Waals surface area (Å²) in [6, 6.07) is 2.69. The molecule has 0 radical (unpaired) electrons. The second kappa shape index (κ2) is 13.6. The van der Waals surface area contributed by atoms with Crippen molar-refractivity contribution in [1.82, 2.24) is 10.1 Å². The van der Waals surface area contributed by atoms with Gasteiger partial charge in [0.1, 0.15) is 0 Å². The largest absolute Gasteiger partial charge is 0.322 e. The number of hydrazine groups is 1. The number of hydrogen-bond donors (Lipinski definition) is 2. The molecule has 1 amide bonds. The molecule has 3 N–H and O–H groups in total. The Morgan fingerprint density at radius 2 is 1.78 bits per heavy atom.